The Morgan fingerprint density at radius 1 is 1.13 bits per heavy atom. The third-order valence-electron chi connectivity index (χ3n) is 1.56. The van der Waals surface area contributed by atoms with Crippen molar-refractivity contribution in [1.29, 1.82) is 0 Å². The van der Waals surface area contributed by atoms with Crippen LogP contribution in [0, 0.1) is 4.91 Å². The van der Waals surface area contributed by atoms with Crippen LogP contribution in [0.2, 0.25) is 0 Å². The second-order valence-corrected chi connectivity index (χ2v) is 2.81. The lowest BCUT2D eigenvalue weighted by atomic mass is 10.2. The van der Waals surface area contributed by atoms with Crippen LogP contribution in [0.3, 0.4) is 0 Å². The molecular formula is C11H17N3O. The van der Waals surface area contributed by atoms with Gasteiger partial charge in [0.1, 0.15) is 0 Å². The molecule has 15 heavy (non-hydrogen) atoms. The van der Waals surface area contributed by atoms with Crippen LogP contribution in [0.4, 0.5) is 0 Å². The third-order valence-corrected chi connectivity index (χ3v) is 1.56. The van der Waals surface area contributed by atoms with E-state index in [2.05, 4.69) is 23.4 Å². The van der Waals surface area contributed by atoms with Gasteiger partial charge in [-0.25, -0.2) is 0 Å². The quantitative estimate of drug-likeness (QED) is 0.218. The van der Waals surface area contributed by atoms with Gasteiger partial charge in [-0.15, -0.1) is 4.91 Å². The van der Waals surface area contributed by atoms with Crippen LogP contribution < -0.4 is 5.53 Å². The zero-order chi connectivity index (χ0) is 11.2. The van der Waals surface area contributed by atoms with Crippen molar-refractivity contribution in [2.24, 2.45) is 10.4 Å². The van der Waals surface area contributed by atoms with E-state index in [1.165, 1.54) is 19.1 Å². The monoisotopic (exact) mass is 207 g/mol. The van der Waals surface area contributed by atoms with Crippen LogP contribution >= 0.6 is 0 Å². The highest BCUT2D eigenvalue weighted by molar-refractivity contribution is 5.71. The van der Waals surface area contributed by atoms with Gasteiger partial charge in [0, 0.05) is 6.21 Å². The molecule has 0 fully saturated rings. The molecule has 0 aliphatic rings. The van der Waals surface area contributed by atoms with Crippen molar-refractivity contribution in [2.75, 3.05) is 0 Å². The van der Waals surface area contributed by atoms with Gasteiger partial charge in [-0.2, -0.15) is 10.6 Å². The molecule has 0 radical (unpaired) electrons. The standard InChI is InChI=1S/C11H17N3O/c1-2-3-4-5-6-7-8-9-10-11-12-13-14-15/h5-11H,2-4H2,1H3,(H,13,15)/b6-5+,8-7+,10-9+,12-11-. The van der Waals surface area contributed by atoms with E-state index >= 15 is 0 Å². The number of allylic oxidation sites excluding steroid dienone is 6. The molecule has 0 bridgehead atoms. The Morgan fingerprint density at radius 3 is 2.60 bits per heavy atom. The Kier molecular flexibility index (Phi) is 10.9. The largest absolute Gasteiger partial charge is 0.164 e. The first-order valence-electron chi connectivity index (χ1n) is 5.00. The first-order valence-corrected chi connectivity index (χ1v) is 5.00. The van der Waals surface area contributed by atoms with Crippen molar-refractivity contribution in [1.82, 2.24) is 5.53 Å². The molecule has 0 aromatic rings. The Hall–Kier alpha value is -1.71. The predicted octanol–water partition coefficient (Wildman–Crippen LogP) is 3.10. The van der Waals surface area contributed by atoms with Crippen LogP contribution in [0.15, 0.2) is 46.8 Å². The SMILES string of the molecule is CCCC/C=C/C=C/C=C/C=N\NN=O. The molecule has 0 aliphatic heterocycles. The van der Waals surface area contributed by atoms with Gasteiger partial charge in [-0.05, 0) is 12.5 Å². The highest BCUT2D eigenvalue weighted by Gasteiger charge is 1.74. The lowest BCUT2D eigenvalue weighted by Crippen LogP contribution is -1.89. The summed E-state index contributed by atoms with van der Waals surface area (Å²) < 4.78 is 0. The minimum Gasteiger partial charge on any atom is -0.164 e. The van der Waals surface area contributed by atoms with Crippen molar-refractivity contribution < 1.29 is 0 Å². The normalized spacial score (nSPS) is 12.3. The van der Waals surface area contributed by atoms with Crippen molar-refractivity contribution >= 4 is 6.21 Å². The Morgan fingerprint density at radius 2 is 1.87 bits per heavy atom. The minimum absolute atomic E-state index is 1.13. The fourth-order valence-corrected chi connectivity index (χ4v) is 0.839. The van der Waals surface area contributed by atoms with Crippen molar-refractivity contribution in [3.8, 4) is 0 Å². The van der Waals surface area contributed by atoms with Gasteiger partial charge in [0.25, 0.3) is 0 Å². The molecule has 0 rings (SSSR count). The molecule has 0 aromatic heterocycles. The van der Waals surface area contributed by atoms with Crippen molar-refractivity contribution in [3.63, 3.8) is 0 Å². The summed E-state index contributed by atoms with van der Waals surface area (Å²) in [5.74, 6) is 0. The zero-order valence-electron chi connectivity index (χ0n) is 8.97. The number of nitrogens with one attached hydrogen (secondary N) is 1. The number of nitroso groups, excluding NO2 is 1. The van der Waals surface area contributed by atoms with Gasteiger partial charge in [-0.3, -0.25) is 0 Å². The van der Waals surface area contributed by atoms with Crippen LogP contribution in [0.25, 0.3) is 0 Å². The van der Waals surface area contributed by atoms with E-state index in [4.69, 9.17) is 0 Å². The molecule has 0 saturated carbocycles. The fourth-order valence-electron chi connectivity index (χ4n) is 0.839. The summed E-state index contributed by atoms with van der Waals surface area (Å²) in [5.41, 5.74) is 1.92. The topological polar surface area (TPSA) is 53.8 Å². The van der Waals surface area contributed by atoms with E-state index in [0.29, 0.717) is 0 Å². The van der Waals surface area contributed by atoms with Crippen LogP contribution in [-0.4, -0.2) is 6.21 Å². The second kappa shape index (κ2) is 12.3. The van der Waals surface area contributed by atoms with E-state index in [1.54, 1.807) is 6.08 Å². The molecule has 1 N–H and O–H groups in total. The van der Waals surface area contributed by atoms with Gasteiger partial charge >= 0.3 is 0 Å². The van der Waals surface area contributed by atoms with Crippen molar-refractivity contribution in [2.45, 2.75) is 26.2 Å². The second-order valence-electron chi connectivity index (χ2n) is 2.81. The molecule has 0 saturated heterocycles. The molecule has 0 amide bonds. The van der Waals surface area contributed by atoms with E-state index in [1.807, 2.05) is 29.8 Å². The van der Waals surface area contributed by atoms with Crippen molar-refractivity contribution in [3.05, 3.63) is 41.4 Å². The summed E-state index contributed by atoms with van der Waals surface area (Å²) in [6.07, 6.45) is 16.6. The highest BCUT2D eigenvalue weighted by Crippen LogP contribution is 1.94. The molecule has 0 spiro atoms. The highest BCUT2D eigenvalue weighted by atomic mass is 16.3. The molecule has 0 atom stereocenters. The van der Waals surface area contributed by atoms with Gasteiger partial charge in [0.05, 0.1) is 5.29 Å². The van der Waals surface area contributed by atoms with Gasteiger partial charge in [0.2, 0.25) is 0 Å². The summed E-state index contributed by atoms with van der Waals surface area (Å²) in [5, 5.41) is 5.81. The van der Waals surface area contributed by atoms with Gasteiger partial charge in [-0.1, -0.05) is 50.1 Å². The first kappa shape index (κ1) is 13.3. The van der Waals surface area contributed by atoms with Crippen LogP contribution in [0.1, 0.15) is 26.2 Å². The summed E-state index contributed by atoms with van der Waals surface area (Å²) >= 11 is 0. The maximum atomic E-state index is 9.54. The number of rotatable bonds is 8. The Labute approximate surface area is 90.4 Å². The summed E-state index contributed by atoms with van der Waals surface area (Å²) in [4.78, 5) is 9.54. The van der Waals surface area contributed by atoms with Crippen LogP contribution in [0.5, 0.6) is 0 Å². The number of hydrogen-bond acceptors (Lipinski definition) is 3. The van der Waals surface area contributed by atoms with E-state index in [-0.39, 0.29) is 0 Å². The van der Waals surface area contributed by atoms with Gasteiger partial charge in [0.15, 0.2) is 0 Å². The predicted molar refractivity (Wildman–Crippen MR) is 64.4 cm³/mol. The maximum Gasteiger partial charge on any atom is 0.0722 e. The number of unbranched alkanes of at least 4 members (excludes halogenated alkanes) is 2. The smallest absolute Gasteiger partial charge is 0.0722 e. The molecule has 82 valence electrons. The number of hydrazone groups is 1. The number of nitrogens with zero attached hydrogens (tertiary/aromatic N) is 2. The molecular weight excluding hydrogens is 190 g/mol. The minimum atomic E-state index is 1.13. The van der Waals surface area contributed by atoms with E-state index < -0.39 is 0 Å². The molecule has 0 unspecified atom stereocenters. The summed E-state index contributed by atoms with van der Waals surface area (Å²) in [6, 6.07) is 0. The number of hydrogen-bond donors (Lipinski definition) is 1. The summed E-state index contributed by atoms with van der Waals surface area (Å²) in [6.45, 7) is 2.17. The average Bonchev–Trinajstić information content (AvgIpc) is 2.26. The Bertz CT molecular complexity index is 255. The Balaban J connectivity index is 3.52. The third kappa shape index (κ3) is 12.3. The summed E-state index contributed by atoms with van der Waals surface area (Å²) in [7, 11) is 0. The molecule has 0 aromatic carbocycles. The molecule has 0 aliphatic carbocycles. The van der Waals surface area contributed by atoms with Gasteiger partial charge < -0.3 is 0 Å². The zero-order valence-corrected chi connectivity index (χ0v) is 8.97. The van der Waals surface area contributed by atoms with E-state index in [0.717, 1.165) is 6.42 Å². The molecule has 4 nitrogen and oxygen atoms in total. The molecule has 0 heterocycles. The first-order chi connectivity index (χ1) is 7.41. The average molecular weight is 207 g/mol. The molecule has 4 heteroatoms. The van der Waals surface area contributed by atoms with E-state index in [9.17, 15) is 4.91 Å². The van der Waals surface area contributed by atoms with Crippen LogP contribution in [-0.2, 0) is 0 Å². The lowest BCUT2D eigenvalue weighted by Gasteiger charge is -1.85. The fraction of sp³-hybridized carbons (Fsp3) is 0.364. The lowest BCUT2D eigenvalue weighted by molar-refractivity contribution is 0.804. The maximum absolute atomic E-state index is 9.54.